The van der Waals surface area contributed by atoms with Crippen molar-refractivity contribution in [2.24, 2.45) is 23.2 Å². The first-order chi connectivity index (χ1) is 15.6. The van der Waals surface area contributed by atoms with Gasteiger partial charge in [-0.2, -0.15) is 0 Å². The van der Waals surface area contributed by atoms with Gasteiger partial charge in [-0.25, -0.2) is 0 Å². The Hall–Kier alpha value is -1.59. The molecule has 4 rings (SSSR count). The Balaban J connectivity index is 1.44. The molecule has 6 heteroatoms. The molecule has 33 heavy (non-hydrogen) atoms. The summed E-state index contributed by atoms with van der Waals surface area (Å²) in [7, 11) is 0. The molecule has 1 aromatic carbocycles. The number of carbonyl (C=O) groups excluding carboxylic acids is 2. The Morgan fingerprint density at radius 2 is 1.79 bits per heavy atom. The maximum Gasteiger partial charge on any atom is 0.227 e. The lowest BCUT2D eigenvalue weighted by Crippen LogP contribution is -2.59. The standard InChI is InChI=1S/C27H39ClN2O3/c1-18-8-9-19(16-18)24(31)29-23-7-5-4-6-22(23)25(32)30-15-14-27(33,26(2,3)17-30)20-10-12-21(28)13-11-20/h10-13,18-19,22-23,33H,4-9,14-17H2,1-3H3,(H,29,31)/t18-,19+,22+,23-,27+/m1/s1. The normalized spacial score (nSPS) is 34.2. The average Bonchev–Trinajstić information content (AvgIpc) is 3.22. The summed E-state index contributed by atoms with van der Waals surface area (Å²) in [5, 5.41) is 15.6. The van der Waals surface area contributed by atoms with E-state index in [9.17, 15) is 14.7 Å². The van der Waals surface area contributed by atoms with Crippen LogP contribution in [0.15, 0.2) is 24.3 Å². The number of rotatable bonds is 4. The topological polar surface area (TPSA) is 69.6 Å². The van der Waals surface area contributed by atoms with Crippen molar-refractivity contribution in [3.8, 4) is 0 Å². The first kappa shape index (κ1) is 24.5. The minimum atomic E-state index is -1.02. The Morgan fingerprint density at radius 3 is 2.42 bits per heavy atom. The van der Waals surface area contributed by atoms with Gasteiger partial charge in [0.2, 0.25) is 11.8 Å². The molecule has 0 radical (unpaired) electrons. The summed E-state index contributed by atoms with van der Waals surface area (Å²) < 4.78 is 0. The second-order valence-electron chi connectivity index (χ2n) is 11.4. The molecule has 182 valence electrons. The molecular formula is C27H39ClN2O3. The molecule has 0 spiro atoms. The molecule has 5 atom stereocenters. The third-order valence-electron chi connectivity index (χ3n) is 8.56. The van der Waals surface area contributed by atoms with Crippen LogP contribution in [0.25, 0.3) is 0 Å². The summed E-state index contributed by atoms with van der Waals surface area (Å²) in [6, 6.07) is 7.32. The van der Waals surface area contributed by atoms with Gasteiger partial charge in [0.25, 0.3) is 0 Å². The minimum Gasteiger partial charge on any atom is -0.384 e. The van der Waals surface area contributed by atoms with Gasteiger partial charge in [-0.15, -0.1) is 0 Å². The molecule has 1 heterocycles. The lowest BCUT2D eigenvalue weighted by atomic mass is 9.66. The van der Waals surface area contributed by atoms with E-state index in [1.165, 1.54) is 0 Å². The van der Waals surface area contributed by atoms with Gasteiger partial charge in [0.15, 0.2) is 0 Å². The molecule has 1 aliphatic heterocycles. The molecule has 0 aromatic heterocycles. The van der Waals surface area contributed by atoms with Crippen LogP contribution < -0.4 is 5.32 Å². The lowest BCUT2D eigenvalue weighted by Gasteiger charge is -2.51. The van der Waals surface area contributed by atoms with Crippen LogP contribution in [0.5, 0.6) is 0 Å². The van der Waals surface area contributed by atoms with Crippen molar-refractivity contribution in [1.82, 2.24) is 10.2 Å². The largest absolute Gasteiger partial charge is 0.384 e. The molecule has 5 nitrogen and oxygen atoms in total. The number of nitrogens with one attached hydrogen (secondary N) is 1. The number of aliphatic hydroxyl groups is 1. The van der Waals surface area contributed by atoms with E-state index in [1.807, 2.05) is 43.0 Å². The van der Waals surface area contributed by atoms with Gasteiger partial charge in [0, 0.05) is 35.5 Å². The highest BCUT2D eigenvalue weighted by molar-refractivity contribution is 6.30. The average molecular weight is 475 g/mol. The van der Waals surface area contributed by atoms with E-state index in [-0.39, 0.29) is 29.7 Å². The number of hydrogen-bond donors (Lipinski definition) is 2. The zero-order valence-electron chi connectivity index (χ0n) is 20.3. The predicted molar refractivity (Wildman–Crippen MR) is 131 cm³/mol. The first-order valence-electron chi connectivity index (χ1n) is 12.7. The molecule has 1 aromatic rings. The van der Waals surface area contributed by atoms with E-state index in [0.29, 0.717) is 30.5 Å². The van der Waals surface area contributed by atoms with E-state index in [0.717, 1.165) is 50.5 Å². The summed E-state index contributed by atoms with van der Waals surface area (Å²) in [6.07, 6.45) is 7.29. The number of halogens is 1. The summed E-state index contributed by atoms with van der Waals surface area (Å²) in [6.45, 7) is 7.27. The zero-order chi connectivity index (χ0) is 23.8. The van der Waals surface area contributed by atoms with E-state index in [1.54, 1.807) is 0 Å². The van der Waals surface area contributed by atoms with Gasteiger partial charge >= 0.3 is 0 Å². The van der Waals surface area contributed by atoms with E-state index < -0.39 is 11.0 Å². The van der Waals surface area contributed by atoms with Crippen molar-refractivity contribution in [2.45, 2.75) is 83.8 Å². The molecule has 2 saturated carbocycles. The van der Waals surface area contributed by atoms with Crippen LogP contribution in [-0.2, 0) is 15.2 Å². The van der Waals surface area contributed by atoms with Crippen molar-refractivity contribution < 1.29 is 14.7 Å². The van der Waals surface area contributed by atoms with Gasteiger partial charge in [-0.05, 0) is 62.1 Å². The summed E-state index contributed by atoms with van der Waals surface area (Å²) in [5.41, 5.74) is -0.687. The molecule has 2 aliphatic carbocycles. The quantitative estimate of drug-likeness (QED) is 0.652. The third-order valence-corrected chi connectivity index (χ3v) is 8.81. The predicted octanol–water partition coefficient (Wildman–Crippen LogP) is 4.90. The maximum absolute atomic E-state index is 13.7. The molecule has 0 unspecified atom stereocenters. The van der Waals surface area contributed by atoms with Gasteiger partial charge in [0.05, 0.1) is 11.5 Å². The number of nitrogens with zero attached hydrogens (tertiary/aromatic N) is 1. The van der Waals surface area contributed by atoms with Gasteiger partial charge in [-0.1, -0.05) is 57.3 Å². The maximum atomic E-state index is 13.7. The Bertz CT molecular complexity index is 871. The van der Waals surface area contributed by atoms with Crippen LogP contribution in [0.1, 0.15) is 77.7 Å². The SMILES string of the molecule is C[C@@H]1CC[C@H](C(=O)N[C@@H]2CCCC[C@@H]2C(=O)N2CC[C@](O)(c3ccc(Cl)cc3)C(C)(C)C2)C1. The van der Waals surface area contributed by atoms with E-state index >= 15 is 0 Å². The Morgan fingerprint density at radius 1 is 1.09 bits per heavy atom. The highest BCUT2D eigenvalue weighted by Gasteiger charge is 2.50. The number of hydrogen-bond acceptors (Lipinski definition) is 3. The van der Waals surface area contributed by atoms with Crippen molar-refractivity contribution in [2.75, 3.05) is 13.1 Å². The molecular weight excluding hydrogens is 436 g/mol. The fourth-order valence-electron chi connectivity index (χ4n) is 6.35. The molecule has 1 saturated heterocycles. The fraction of sp³-hybridized carbons (Fsp3) is 0.704. The number of amides is 2. The molecule has 0 bridgehead atoms. The lowest BCUT2D eigenvalue weighted by molar-refractivity contribution is -0.158. The van der Waals surface area contributed by atoms with Gasteiger partial charge in [0.1, 0.15) is 0 Å². The first-order valence-corrected chi connectivity index (χ1v) is 13.1. The van der Waals surface area contributed by atoms with Crippen LogP contribution in [0.2, 0.25) is 5.02 Å². The van der Waals surface area contributed by atoms with Crippen LogP contribution in [0.3, 0.4) is 0 Å². The van der Waals surface area contributed by atoms with Crippen LogP contribution >= 0.6 is 11.6 Å². The van der Waals surface area contributed by atoms with E-state index in [4.69, 9.17) is 11.6 Å². The van der Waals surface area contributed by atoms with Crippen LogP contribution in [-0.4, -0.2) is 41.0 Å². The van der Waals surface area contributed by atoms with Gasteiger partial charge < -0.3 is 15.3 Å². The fourth-order valence-corrected chi connectivity index (χ4v) is 6.48. The number of carbonyl (C=O) groups is 2. The van der Waals surface area contributed by atoms with Crippen molar-refractivity contribution >= 4 is 23.4 Å². The third kappa shape index (κ3) is 4.95. The number of benzene rings is 1. The summed E-state index contributed by atoms with van der Waals surface area (Å²) >= 11 is 6.05. The monoisotopic (exact) mass is 474 g/mol. The highest BCUT2D eigenvalue weighted by Crippen LogP contribution is 2.46. The van der Waals surface area contributed by atoms with Crippen LogP contribution in [0.4, 0.5) is 0 Å². The van der Waals surface area contributed by atoms with E-state index in [2.05, 4.69) is 12.2 Å². The van der Waals surface area contributed by atoms with Crippen molar-refractivity contribution in [3.63, 3.8) is 0 Å². The molecule has 3 fully saturated rings. The molecule has 2 amide bonds. The second-order valence-corrected chi connectivity index (χ2v) is 11.8. The summed E-state index contributed by atoms with van der Waals surface area (Å²) in [5.74, 6) is 0.811. The summed E-state index contributed by atoms with van der Waals surface area (Å²) in [4.78, 5) is 28.5. The highest BCUT2D eigenvalue weighted by atomic mass is 35.5. The van der Waals surface area contributed by atoms with Crippen molar-refractivity contribution in [3.05, 3.63) is 34.9 Å². The Labute approximate surface area is 203 Å². The number of likely N-dealkylation sites (tertiary alicyclic amines) is 1. The zero-order valence-corrected chi connectivity index (χ0v) is 21.0. The van der Waals surface area contributed by atoms with Gasteiger partial charge in [-0.3, -0.25) is 9.59 Å². The van der Waals surface area contributed by atoms with Crippen molar-refractivity contribution in [1.29, 1.82) is 0 Å². The minimum absolute atomic E-state index is 0.0742. The van der Waals surface area contributed by atoms with Crippen LogP contribution in [0, 0.1) is 23.2 Å². The number of piperidine rings is 1. The molecule has 3 aliphatic rings. The second kappa shape index (κ2) is 9.58. The smallest absolute Gasteiger partial charge is 0.227 e. The Kier molecular flexibility index (Phi) is 7.12. The molecule has 2 N–H and O–H groups in total.